The Hall–Kier alpha value is -2.07. The van der Waals surface area contributed by atoms with Gasteiger partial charge in [0.25, 0.3) is 0 Å². The Kier molecular flexibility index (Phi) is 3.55. The molecule has 3 rings (SSSR count). The molecule has 2 N–H and O–H groups in total. The normalized spacial score (nSPS) is 15.8. The van der Waals surface area contributed by atoms with Crippen LogP contribution in [0.4, 0.5) is 21.5 Å². The van der Waals surface area contributed by atoms with Crippen molar-refractivity contribution in [2.75, 3.05) is 29.9 Å². The van der Waals surface area contributed by atoms with Gasteiger partial charge < -0.3 is 15.5 Å². The van der Waals surface area contributed by atoms with E-state index in [2.05, 4.69) is 29.0 Å². The van der Waals surface area contributed by atoms with Crippen molar-refractivity contribution in [2.45, 2.75) is 13.0 Å². The minimum Gasteiger partial charge on any atom is -0.371 e. The smallest absolute Gasteiger partial charge is 0.123 e. The Bertz CT molecular complexity index is 654. The fourth-order valence-electron chi connectivity index (χ4n) is 2.89. The fraction of sp³-hybridized carbons (Fsp3) is 0.294. The maximum absolute atomic E-state index is 13.6. The van der Waals surface area contributed by atoms with E-state index in [-0.39, 0.29) is 11.9 Å². The van der Waals surface area contributed by atoms with Crippen molar-refractivity contribution in [1.29, 1.82) is 0 Å². The minimum absolute atomic E-state index is 0.206. The van der Waals surface area contributed by atoms with Gasteiger partial charge in [-0.15, -0.1) is 0 Å². The van der Waals surface area contributed by atoms with Crippen LogP contribution in [0.3, 0.4) is 0 Å². The molecule has 2 aromatic carbocycles. The lowest BCUT2D eigenvalue weighted by molar-refractivity contribution is 0.622. The van der Waals surface area contributed by atoms with Gasteiger partial charge in [-0.05, 0) is 42.8 Å². The molecule has 3 nitrogen and oxygen atoms in total. The minimum atomic E-state index is -0.242. The van der Waals surface area contributed by atoms with Crippen LogP contribution in [-0.2, 0) is 0 Å². The summed E-state index contributed by atoms with van der Waals surface area (Å²) in [5.74, 6) is -0.242. The summed E-state index contributed by atoms with van der Waals surface area (Å²) in [5.41, 5.74) is 10.2. The molecule has 1 aliphatic rings. The molecule has 0 fully saturated rings. The molecular formula is C17H20FN3. The number of halogens is 1. The van der Waals surface area contributed by atoms with E-state index in [0.717, 1.165) is 30.0 Å². The van der Waals surface area contributed by atoms with Gasteiger partial charge in [0.2, 0.25) is 0 Å². The number of benzene rings is 2. The summed E-state index contributed by atoms with van der Waals surface area (Å²) >= 11 is 0. The lowest BCUT2D eigenvalue weighted by atomic mass is 10.0. The highest BCUT2D eigenvalue weighted by atomic mass is 19.1. The summed E-state index contributed by atoms with van der Waals surface area (Å²) < 4.78 is 13.6. The van der Waals surface area contributed by atoms with Crippen molar-refractivity contribution >= 4 is 17.1 Å². The molecule has 0 saturated heterocycles. The van der Waals surface area contributed by atoms with E-state index in [1.807, 2.05) is 25.1 Å². The Morgan fingerprint density at radius 2 is 1.76 bits per heavy atom. The number of nitrogens with two attached hydrogens (primary N) is 1. The van der Waals surface area contributed by atoms with Gasteiger partial charge in [0.05, 0.1) is 11.4 Å². The van der Waals surface area contributed by atoms with Crippen molar-refractivity contribution < 1.29 is 4.39 Å². The Labute approximate surface area is 124 Å². The van der Waals surface area contributed by atoms with Gasteiger partial charge in [-0.25, -0.2) is 4.39 Å². The van der Waals surface area contributed by atoms with Crippen molar-refractivity contribution in [3.05, 3.63) is 53.8 Å². The molecule has 110 valence electrons. The van der Waals surface area contributed by atoms with Crippen LogP contribution in [0.5, 0.6) is 0 Å². The highest BCUT2D eigenvalue weighted by molar-refractivity contribution is 5.80. The van der Waals surface area contributed by atoms with Gasteiger partial charge in [-0.3, -0.25) is 0 Å². The lowest BCUT2D eigenvalue weighted by Gasteiger charge is -2.38. The first-order valence-corrected chi connectivity index (χ1v) is 7.20. The monoisotopic (exact) mass is 285 g/mol. The van der Waals surface area contributed by atoms with Crippen molar-refractivity contribution in [1.82, 2.24) is 0 Å². The van der Waals surface area contributed by atoms with Gasteiger partial charge >= 0.3 is 0 Å². The van der Waals surface area contributed by atoms with Crippen LogP contribution in [0.1, 0.15) is 18.5 Å². The molecule has 0 unspecified atom stereocenters. The van der Waals surface area contributed by atoms with Gasteiger partial charge in [0, 0.05) is 31.9 Å². The maximum Gasteiger partial charge on any atom is 0.123 e. The molecule has 0 bridgehead atoms. The van der Waals surface area contributed by atoms with E-state index >= 15 is 0 Å². The van der Waals surface area contributed by atoms with Crippen molar-refractivity contribution in [3.63, 3.8) is 0 Å². The predicted octanol–water partition coefficient (Wildman–Crippen LogP) is 3.43. The summed E-state index contributed by atoms with van der Waals surface area (Å²) in [6, 6.07) is 12.9. The Balaban J connectivity index is 2.12. The third-order valence-electron chi connectivity index (χ3n) is 4.01. The van der Waals surface area contributed by atoms with Crippen LogP contribution >= 0.6 is 0 Å². The average molecular weight is 285 g/mol. The number of hydrogen-bond donors (Lipinski definition) is 1. The van der Waals surface area contributed by atoms with Crippen LogP contribution in [-0.4, -0.2) is 20.1 Å². The zero-order valence-electron chi connectivity index (χ0n) is 12.4. The van der Waals surface area contributed by atoms with Crippen LogP contribution in [0.25, 0.3) is 0 Å². The fourth-order valence-corrected chi connectivity index (χ4v) is 2.89. The number of rotatable bonds is 2. The molecule has 4 heteroatoms. The topological polar surface area (TPSA) is 32.5 Å². The summed E-state index contributed by atoms with van der Waals surface area (Å²) in [7, 11) is 2.09. The molecule has 21 heavy (non-hydrogen) atoms. The zero-order valence-corrected chi connectivity index (χ0v) is 12.4. The molecule has 0 saturated carbocycles. The van der Waals surface area contributed by atoms with E-state index in [0.29, 0.717) is 0 Å². The van der Waals surface area contributed by atoms with Crippen LogP contribution in [0, 0.1) is 5.82 Å². The first-order chi connectivity index (χ1) is 10.1. The molecule has 2 aromatic rings. The second kappa shape index (κ2) is 5.37. The predicted molar refractivity (Wildman–Crippen MR) is 85.7 cm³/mol. The summed E-state index contributed by atoms with van der Waals surface area (Å²) in [4.78, 5) is 4.47. The van der Waals surface area contributed by atoms with Crippen molar-refractivity contribution in [3.8, 4) is 0 Å². The Morgan fingerprint density at radius 3 is 2.48 bits per heavy atom. The highest BCUT2D eigenvalue weighted by Gasteiger charge is 2.23. The molecule has 1 aliphatic heterocycles. The average Bonchev–Trinajstić information content (AvgIpc) is 2.48. The zero-order chi connectivity index (χ0) is 15.0. The molecule has 1 atom stereocenters. The number of nitrogens with zero attached hydrogens (tertiary/aromatic N) is 2. The molecule has 0 amide bonds. The van der Waals surface area contributed by atoms with Gasteiger partial charge in [0.1, 0.15) is 5.82 Å². The second-order valence-electron chi connectivity index (χ2n) is 5.55. The SMILES string of the molecule is C[C@@H](N)c1cc(F)ccc1N1CCN(C)c2ccccc21. The van der Waals surface area contributed by atoms with Crippen LogP contribution < -0.4 is 15.5 Å². The lowest BCUT2D eigenvalue weighted by Crippen LogP contribution is -2.37. The van der Waals surface area contributed by atoms with E-state index in [4.69, 9.17) is 5.73 Å². The van der Waals surface area contributed by atoms with Crippen LogP contribution in [0.15, 0.2) is 42.5 Å². The molecule has 0 aromatic heterocycles. The first-order valence-electron chi connectivity index (χ1n) is 7.20. The summed E-state index contributed by atoms with van der Waals surface area (Å²) in [6.07, 6.45) is 0. The number of fused-ring (bicyclic) bond motifs is 1. The van der Waals surface area contributed by atoms with E-state index in [9.17, 15) is 4.39 Å². The second-order valence-corrected chi connectivity index (χ2v) is 5.55. The molecular weight excluding hydrogens is 265 g/mol. The molecule has 1 heterocycles. The first kappa shape index (κ1) is 13.9. The number of likely N-dealkylation sites (N-methyl/N-ethyl adjacent to an activating group) is 1. The Morgan fingerprint density at radius 1 is 1.05 bits per heavy atom. The number of para-hydroxylation sites is 2. The molecule has 0 aliphatic carbocycles. The van der Waals surface area contributed by atoms with Crippen LogP contribution in [0.2, 0.25) is 0 Å². The van der Waals surface area contributed by atoms with E-state index < -0.39 is 0 Å². The third kappa shape index (κ3) is 2.47. The van der Waals surface area contributed by atoms with Crippen molar-refractivity contribution in [2.24, 2.45) is 5.73 Å². The summed E-state index contributed by atoms with van der Waals surface area (Å²) in [5, 5.41) is 0. The van der Waals surface area contributed by atoms with E-state index in [1.54, 1.807) is 6.07 Å². The summed E-state index contributed by atoms with van der Waals surface area (Å²) in [6.45, 7) is 3.67. The number of anilines is 3. The van der Waals surface area contributed by atoms with Gasteiger partial charge in [0.15, 0.2) is 0 Å². The van der Waals surface area contributed by atoms with E-state index in [1.165, 1.54) is 11.8 Å². The quantitative estimate of drug-likeness (QED) is 0.917. The highest BCUT2D eigenvalue weighted by Crippen LogP contribution is 2.39. The standard InChI is InChI=1S/C17H20FN3/c1-12(19)14-11-13(18)7-8-15(14)21-10-9-20(2)16-5-3-4-6-17(16)21/h3-8,11-12H,9-10,19H2,1-2H3/t12-/m1/s1. The van der Waals surface area contributed by atoms with Gasteiger partial charge in [-0.1, -0.05) is 12.1 Å². The molecule has 0 radical (unpaired) electrons. The maximum atomic E-state index is 13.6. The third-order valence-corrected chi connectivity index (χ3v) is 4.01. The molecule has 0 spiro atoms. The van der Waals surface area contributed by atoms with Gasteiger partial charge in [-0.2, -0.15) is 0 Å². The number of hydrogen-bond acceptors (Lipinski definition) is 3. The largest absolute Gasteiger partial charge is 0.371 e.